The van der Waals surface area contributed by atoms with Crippen molar-refractivity contribution >= 4 is 41.0 Å². The van der Waals surface area contributed by atoms with E-state index in [0.717, 1.165) is 10.5 Å². The Morgan fingerprint density at radius 3 is 2.45 bits per heavy atom. The van der Waals surface area contributed by atoms with E-state index in [1.54, 1.807) is 26.1 Å². The quantitative estimate of drug-likeness (QED) is 0.724. The van der Waals surface area contributed by atoms with Crippen LogP contribution in [-0.4, -0.2) is 41.2 Å². The summed E-state index contributed by atoms with van der Waals surface area (Å²) in [5.41, 5.74) is 0.00375. The monoisotopic (exact) mass is 433 g/mol. The van der Waals surface area contributed by atoms with Crippen molar-refractivity contribution in [1.29, 1.82) is 0 Å². The van der Waals surface area contributed by atoms with Crippen LogP contribution in [0.15, 0.2) is 48.5 Å². The minimum atomic E-state index is -1.37. The largest absolute Gasteiger partial charge is 0.337 e. The fourth-order valence-corrected chi connectivity index (χ4v) is 3.93. The van der Waals surface area contributed by atoms with Crippen LogP contribution in [0.3, 0.4) is 0 Å². The zero-order chi connectivity index (χ0) is 21.3. The van der Waals surface area contributed by atoms with Gasteiger partial charge < -0.3 is 10.2 Å². The smallest absolute Gasteiger partial charge is 0.325 e. The summed E-state index contributed by atoms with van der Waals surface area (Å²) in [6.45, 7) is 3.08. The predicted octanol–water partition coefficient (Wildman–Crippen LogP) is 3.98. The Hall–Kier alpha value is -2.57. The van der Waals surface area contributed by atoms with Gasteiger partial charge in [0, 0.05) is 22.7 Å². The summed E-state index contributed by atoms with van der Waals surface area (Å²) in [5, 5.41) is 3.33. The second-order valence-electron chi connectivity index (χ2n) is 7.16. The maximum Gasteiger partial charge on any atom is 0.325 e. The molecule has 1 fully saturated rings. The first kappa shape index (κ1) is 21.1. The highest BCUT2D eigenvalue weighted by Crippen LogP contribution is 2.35. The number of amides is 4. The Morgan fingerprint density at radius 1 is 1.17 bits per heavy atom. The number of urea groups is 1. The van der Waals surface area contributed by atoms with Gasteiger partial charge in [0.1, 0.15) is 12.1 Å². The van der Waals surface area contributed by atoms with Crippen LogP contribution in [0.1, 0.15) is 31.0 Å². The Balaban J connectivity index is 1.78. The third-order valence-corrected chi connectivity index (χ3v) is 5.84. The minimum absolute atomic E-state index is 0.207. The molecule has 29 heavy (non-hydrogen) atoms. The van der Waals surface area contributed by atoms with Gasteiger partial charge in [-0.1, -0.05) is 59.6 Å². The first-order valence-electron chi connectivity index (χ1n) is 9.05. The van der Waals surface area contributed by atoms with Crippen LogP contribution in [0.5, 0.6) is 0 Å². The molecule has 1 N–H and O–H groups in total. The van der Waals surface area contributed by atoms with Gasteiger partial charge in [-0.25, -0.2) is 4.79 Å². The van der Waals surface area contributed by atoms with Crippen LogP contribution in [-0.2, 0) is 15.1 Å². The van der Waals surface area contributed by atoms with E-state index < -0.39 is 17.5 Å². The van der Waals surface area contributed by atoms with Gasteiger partial charge in [0.15, 0.2) is 0 Å². The summed E-state index contributed by atoms with van der Waals surface area (Å²) in [6, 6.07) is 13.4. The molecule has 2 unspecified atom stereocenters. The third-order valence-electron chi connectivity index (χ3n) is 5.29. The highest BCUT2D eigenvalue weighted by atomic mass is 35.5. The second kappa shape index (κ2) is 8.05. The lowest BCUT2D eigenvalue weighted by Gasteiger charge is -2.27. The maximum atomic E-state index is 13.1. The van der Waals surface area contributed by atoms with Crippen LogP contribution in [0.4, 0.5) is 4.79 Å². The second-order valence-corrected chi connectivity index (χ2v) is 8.01. The zero-order valence-corrected chi connectivity index (χ0v) is 17.8. The number of nitrogens with one attached hydrogen (secondary N) is 1. The number of carbonyl (C=O) groups excluding carboxylic acids is 3. The molecule has 0 saturated carbocycles. The van der Waals surface area contributed by atoms with Crippen molar-refractivity contribution in [3.63, 3.8) is 0 Å². The molecule has 0 spiro atoms. The van der Waals surface area contributed by atoms with Gasteiger partial charge in [-0.15, -0.1) is 0 Å². The fourth-order valence-electron chi connectivity index (χ4n) is 3.34. The van der Waals surface area contributed by atoms with E-state index in [9.17, 15) is 14.4 Å². The number of likely N-dealkylation sites (N-methyl/N-ethyl adjacent to an activating group) is 1. The fraction of sp³-hybridized carbons (Fsp3) is 0.286. The molecule has 2 aromatic rings. The topological polar surface area (TPSA) is 69.7 Å². The zero-order valence-electron chi connectivity index (χ0n) is 16.3. The number of hydrogen-bond acceptors (Lipinski definition) is 3. The molecule has 0 aromatic heterocycles. The molecule has 2 atom stereocenters. The van der Waals surface area contributed by atoms with Crippen LogP contribution < -0.4 is 5.32 Å². The molecule has 1 heterocycles. The summed E-state index contributed by atoms with van der Waals surface area (Å²) in [6.07, 6.45) is 0. The number of hydrogen-bond donors (Lipinski definition) is 1. The molecule has 0 aliphatic carbocycles. The third kappa shape index (κ3) is 3.95. The normalized spacial score (nSPS) is 19.8. The first-order chi connectivity index (χ1) is 13.6. The van der Waals surface area contributed by atoms with Crippen LogP contribution in [0.25, 0.3) is 0 Å². The molecule has 8 heteroatoms. The Bertz CT molecular complexity index is 967. The van der Waals surface area contributed by atoms with Gasteiger partial charge in [0.05, 0.1) is 6.04 Å². The molecule has 0 radical (unpaired) electrons. The summed E-state index contributed by atoms with van der Waals surface area (Å²) in [7, 11) is 1.65. The number of halogens is 2. The van der Waals surface area contributed by atoms with E-state index in [1.807, 2.05) is 37.3 Å². The number of benzene rings is 2. The Labute approximate surface area is 179 Å². The SMILES string of the molecule is CC(c1ccccc1)N(C)C(=O)CN1C(=O)NC(C)(c2ccc(Cl)cc2Cl)C1=O. The molecule has 152 valence electrons. The molecule has 1 saturated heterocycles. The van der Waals surface area contributed by atoms with Crippen molar-refractivity contribution < 1.29 is 14.4 Å². The lowest BCUT2D eigenvalue weighted by molar-refractivity contribution is -0.139. The van der Waals surface area contributed by atoms with Crippen LogP contribution in [0, 0.1) is 0 Å². The van der Waals surface area contributed by atoms with E-state index in [1.165, 1.54) is 11.0 Å². The van der Waals surface area contributed by atoms with Gasteiger partial charge in [-0.2, -0.15) is 0 Å². The van der Waals surface area contributed by atoms with E-state index >= 15 is 0 Å². The highest BCUT2D eigenvalue weighted by Gasteiger charge is 2.50. The van der Waals surface area contributed by atoms with Crippen molar-refractivity contribution in [2.75, 3.05) is 13.6 Å². The molecule has 1 aliphatic rings. The van der Waals surface area contributed by atoms with Crippen molar-refractivity contribution in [1.82, 2.24) is 15.1 Å². The first-order valence-corrected chi connectivity index (χ1v) is 9.81. The molecule has 4 amide bonds. The Kier molecular flexibility index (Phi) is 5.87. The average Bonchev–Trinajstić information content (AvgIpc) is 2.91. The van der Waals surface area contributed by atoms with Gasteiger partial charge in [0.2, 0.25) is 5.91 Å². The van der Waals surface area contributed by atoms with Crippen molar-refractivity contribution in [2.24, 2.45) is 0 Å². The molecule has 6 nitrogen and oxygen atoms in total. The maximum absolute atomic E-state index is 13.1. The molecule has 3 rings (SSSR count). The number of nitrogens with zero attached hydrogens (tertiary/aromatic N) is 2. The molecule has 1 aliphatic heterocycles. The van der Waals surface area contributed by atoms with Crippen LogP contribution >= 0.6 is 23.2 Å². The van der Waals surface area contributed by atoms with E-state index in [-0.39, 0.29) is 23.5 Å². The van der Waals surface area contributed by atoms with E-state index in [0.29, 0.717) is 10.6 Å². The number of imide groups is 1. The van der Waals surface area contributed by atoms with Gasteiger partial charge in [-0.3, -0.25) is 14.5 Å². The summed E-state index contributed by atoms with van der Waals surface area (Å²) in [4.78, 5) is 40.8. The highest BCUT2D eigenvalue weighted by molar-refractivity contribution is 6.35. The molecular weight excluding hydrogens is 413 g/mol. The van der Waals surface area contributed by atoms with Crippen molar-refractivity contribution in [3.8, 4) is 0 Å². The lowest BCUT2D eigenvalue weighted by Crippen LogP contribution is -2.44. The van der Waals surface area contributed by atoms with Crippen molar-refractivity contribution in [3.05, 3.63) is 69.7 Å². The minimum Gasteiger partial charge on any atom is -0.337 e. The molecular formula is C21H21Cl2N3O3. The summed E-state index contributed by atoms with van der Waals surface area (Å²) >= 11 is 12.2. The lowest BCUT2D eigenvalue weighted by atomic mass is 9.92. The number of rotatable bonds is 5. The Morgan fingerprint density at radius 2 is 1.83 bits per heavy atom. The standard InChI is InChI=1S/C21H21Cl2N3O3/c1-13(14-7-5-4-6-8-14)25(3)18(27)12-26-19(28)21(2,24-20(26)29)16-10-9-15(22)11-17(16)23/h4-11,13H,12H2,1-3H3,(H,24,29). The van der Waals surface area contributed by atoms with Crippen LogP contribution in [0.2, 0.25) is 10.0 Å². The van der Waals surface area contributed by atoms with Crippen molar-refractivity contribution in [2.45, 2.75) is 25.4 Å². The predicted molar refractivity (Wildman–Crippen MR) is 112 cm³/mol. The van der Waals surface area contributed by atoms with E-state index in [4.69, 9.17) is 23.2 Å². The van der Waals surface area contributed by atoms with Gasteiger partial charge >= 0.3 is 6.03 Å². The molecule has 2 aromatic carbocycles. The number of carbonyl (C=O) groups is 3. The van der Waals surface area contributed by atoms with E-state index in [2.05, 4.69) is 5.32 Å². The summed E-state index contributed by atoms with van der Waals surface area (Å²) < 4.78 is 0. The molecule has 0 bridgehead atoms. The summed E-state index contributed by atoms with van der Waals surface area (Å²) in [5.74, 6) is -0.892. The van der Waals surface area contributed by atoms with Gasteiger partial charge in [0.25, 0.3) is 5.91 Å². The average molecular weight is 434 g/mol. The van der Waals surface area contributed by atoms with Gasteiger partial charge in [-0.05, 0) is 31.5 Å².